The molecule has 4 nitrogen and oxygen atoms in total. The van der Waals surface area contributed by atoms with Gasteiger partial charge in [-0.2, -0.15) is 0 Å². The zero-order valence-corrected chi connectivity index (χ0v) is 11.9. The van der Waals surface area contributed by atoms with Gasteiger partial charge in [0.25, 0.3) is 0 Å². The van der Waals surface area contributed by atoms with Crippen LogP contribution in [0.5, 0.6) is 0 Å². The molecule has 1 aromatic rings. The van der Waals surface area contributed by atoms with E-state index in [1.165, 1.54) is 19.4 Å². The van der Waals surface area contributed by atoms with E-state index in [-0.39, 0.29) is 6.10 Å². The van der Waals surface area contributed by atoms with Gasteiger partial charge in [0.15, 0.2) is 0 Å². The van der Waals surface area contributed by atoms with E-state index in [1.54, 1.807) is 0 Å². The smallest absolute Gasteiger partial charge is 0.0914 e. The molecule has 20 heavy (non-hydrogen) atoms. The number of aliphatic hydroxyl groups excluding tert-OH is 1. The van der Waals surface area contributed by atoms with Gasteiger partial charge in [0.1, 0.15) is 0 Å². The van der Waals surface area contributed by atoms with Crippen molar-refractivity contribution in [1.29, 1.82) is 0 Å². The highest BCUT2D eigenvalue weighted by Gasteiger charge is 2.31. The van der Waals surface area contributed by atoms with Gasteiger partial charge >= 0.3 is 0 Å². The van der Waals surface area contributed by atoms with E-state index in [0.29, 0.717) is 12.6 Å². The minimum Gasteiger partial charge on any atom is -0.387 e. The van der Waals surface area contributed by atoms with Crippen molar-refractivity contribution in [2.24, 2.45) is 0 Å². The Hall–Kier alpha value is -0.940. The van der Waals surface area contributed by atoms with Crippen molar-refractivity contribution in [3.63, 3.8) is 0 Å². The minimum absolute atomic E-state index is 0.257. The van der Waals surface area contributed by atoms with Gasteiger partial charge in [-0.1, -0.05) is 30.3 Å². The quantitative estimate of drug-likeness (QED) is 0.847. The molecule has 2 heterocycles. The first-order valence-electron chi connectivity index (χ1n) is 7.62. The number of hydrogen-bond donors (Lipinski definition) is 2. The zero-order valence-electron chi connectivity index (χ0n) is 11.9. The first-order chi connectivity index (χ1) is 9.83. The molecule has 0 aliphatic carbocycles. The lowest BCUT2D eigenvalue weighted by Gasteiger charge is -2.35. The molecule has 3 rings (SSSR count). The number of rotatable bonds is 5. The summed E-state index contributed by atoms with van der Waals surface area (Å²) >= 11 is 0. The summed E-state index contributed by atoms with van der Waals surface area (Å²) in [5, 5.41) is 13.4. The second-order valence-corrected chi connectivity index (χ2v) is 5.83. The lowest BCUT2D eigenvalue weighted by molar-refractivity contribution is -0.0476. The molecule has 2 N–H and O–H groups in total. The molecule has 110 valence electrons. The highest BCUT2D eigenvalue weighted by Crippen LogP contribution is 2.22. The molecule has 2 aliphatic heterocycles. The first-order valence-corrected chi connectivity index (χ1v) is 7.62. The predicted octanol–water partition coefficient (Wildman–Crippen LogP) is 1.17. The molecule has 2 fully saturated rings. The van der Waals surface area contributed by atoms with Gasteiger partial charge in [-0.25, -0.2) is 0 Å². The minimum atomic E-state index is -0.445. The van der Waals surface area contributed by atoms with Crippen LogP contribution in [0.4, 0.5) is 0 Å². The Kier molecular flexibility index (Phi) is 4.68. The summed E-state index contributed by atoms with van der Waals surface area (Å²) in [5.41, 5.74) is 0.962. The molecule has 0 amide bonds. The summed E-state index contributed by atoms with van der Waals surface area (Å²) in [4.78, 5) is 2.55. The fraction of sp³-hybridized carbons (Fsp3) is 0.625. The molecule has 0 saturated carbocycles. The maximum absolute atomic E-state index is 10.1. The van der Waals surface area contributed by atoms with E-state index in [9.17, 15) is 5.11 Å². The fourth-order valence-electron chi connectivity index (χ4n) is 3.18. The SMILES string of the molecule is OC(CNCC1CN2CCCC2CO1)c1ccccc1. The van der Waals surface area contributed by atoms with Crippen molar-refractivity contribution < 1.29 is 9.84 Å². The maximum Gasteiger partial charge on any atom is 0.0914 e. The molecular weight excluding hydrogens is 252 g/mol. The summed E-state index contributed by atoms with van der Waals surface area (Å²) in [6.07, 6.45) is 2.40. The van der Waals surface area contributed by atoms with Crippen LogP contribution < -0.4 is 5.32 Å². The maximum atomic E-state index is 10.1. The van der Waals surface area contributed by atoms with Gasteiger partial charge in [-0.15, -0.1) is 0 Å². The molecule has 1 aromatic carbocycles. The molecule has 4 heteroatoms. The Morgan fingerprint density at radius 3 is 3.05 bits per heavy atom. The Morgan fingerprint density at radius 2 is 2.20 bits per heavy atom. The second-order valence-electron chi connectivity index (χ2n) is 5.83. The van der Waals surface area contributed by atoms with Gasteiger partial charge < -0.3 is 15.2 Å². The van der Waals surface area contributed by atoms with Gasteiger partial charge in [-0.05, 0) is 24.9 Å². The number of hydrogen-bond acceptors (Lipinski definition) is 4. The average molecular weight is 276 g/mol. The van der Waals surface area contributed by atoms with Crippen molar-refractivity contribution in [3.8, 4) is 0 Å². The summed E-state index contributed by atoms with van der Waals surface area (Å²) in [7, 11) is 0. The van der Waals surface area contributed by atoms with Crippen molar-refractivity contribution in [2.75, 3.05) is 32.8 Å². The van der Waals surface area contributed by atoms with Crippen LogP contribution in [-0.4, -0.2) is 54.9 Å². The molecule has 0 aromatic heterocycles. The molecule has 0 bridgehead atoms. The summed E-state index contributed by atoms with van der Waals surface area (Å²) in [5.74, 6) is 0. The average Bonchev–Trinajstić information content (AvgIpc) is 2.95. The second kappa shape index (κ2) is 6.68. The molecule has 0 radical (unpaired) electrons. The Labute approximate surface area is 120 Å². The van der Waals surface area contributed by atoms with Crippen LogP contribution in [0.15, 0.2) is 30.3 Å². The number of ether oxygens (including phenoxy) is 1. The largest absolute Gasteiger partial charge is 0.387 e. The third-order valence-corrected chi connectivity index (χ3v) is 4.36. The van der Waals surface area contributed by atoms with Crippen LogP contribution in [0, 0.1) is 0 Å². The summed E-state index contributed by atoms with van der Waals surface area (Å²) in [6, 6.07) is 10.4. The number of aliphatic hydroxyl groups is 1. The van der Waals surface area contributed by atoms with Crippen molar-refractivity contribution in [2.45, 2.75) is 31.1 Å². The van der Waals surface area contributed by atoms with Gasteiger partial charge in [0.2, 0.25) is 0 Å². The Balaban J connectivity index is 1.39. The van der Waals surface area contributed by atoms with Gasteiger partial charge in [0.05, 0.1) is 18.8 Å². The lowest BCUT2D eigenvalue weighted by Crippen LogP contribution is -2.49. The van der Waals surface area contributed by atoms with Crippen molar-refractivity contribution in [3.05, 3.63) is 35.9 Å². The molecule has 2 aliphatic rings. The van der Waals surface area contributed by atoms with Gasteiger partial charge in [0, 0.05) is 25.7 Å². The lowest BCUT2D eigenvalue weighted by atomic mass is 10.1. The number of nitrogens with zero attached hydrogens (tertiary/aromatic N) is 1. The van der Waals surface area contributed by atoms with E-state index in [2.05, 4.69) is 10.2 Å². The summed E-state index contributed by atoms with van der Waals surface area (Å²) in [6.45, 7) is 4.50. The zero-order chi connectivity index (χ0) is 13.8. The van der Waals surface area contributed by atoms with E-state index in [0.717, 1.165) is 25.3 Å². The van der Waals surface area contributed by atoms with Crippen LogP contribution in [0.2, 0.25) is 0 Å². The van der Waals surface area contributed by atoms with E-state index in [1.807, 2.05) is 30.3 Å². The molecule has 2 saturated heterocycles. The van der Waals surface area contributed by atoms with Crippen molar-refractivity contribution in [1.82, 2.24) is 10.2 Å². The first kappa shape index (κ1) is 14.0. The Bertz CT molecular complexity index is 412. The number of nitrogens with one attached hydrogen (secondary N) is 1. The normalized spacial score (nSPS) is 28.2. The van der Waals surface area contributed by atoms with E-state index < -0.39 is 6.10 Å². The highest BCUT2D eigenvalue weighted by molar-refractivity contribution is 5.17. The molecular formula is C16H24N2O2. The number of benzene rings is 1. The van der Waals surface area contributed by atoms with Gasteiger partial charge in [-0.3, -0.25) is 4.90 Å². The van der Waals surface area contributed by atoms with Crippen molar-refractivity contribution >= 4 is 0 Å². The van der Waals surface area contributed by atoms with Crippen LogP contribution in [0.25, 0.3) is 0 Å². The topological polar surface area (TPSA) is 44.7 Å². The van der Waals surface area contributed by atoms with Crippen LogP contribution in [0.3, 0.4) is 0 Å². The standard InChI is InChI=1S/C16H24N2O2/c19-16(13-5-2-1-3-6-13)10-17-9-15-11-18-8-4-7-14(18)12-20-15/h1-3,5-6,14-17,19H,4,7-12H2. The third-order valence-electron chi connectivity index (χ3n) is 4.36. The van der Waals surface area contributed by atoms with E-state index >= 15 is 0 Å². The Morgan fingerprint density at radius 1 is 1.35 bits per heavy atom. The summed E-state index contributed by atoms with van der Waals surface area (Å²) < 4.78 is 5.89. The number of morpholine rings is 1. The molecule has 3 unspecified atom stereocenters. The van der Waals surface area contributed by atoms with Crippen LogP contribution >= 0.6 is 0 Å². The van der Waals surface area contributed by atoms with Crippen LogP contribution in [0.1, 0.15) is 24.5 Å². The highest BCUT2D eigenvalue weighted by atomic mass is 16.5. The molecule has 0 spiro atoms. The number of fused-ring (bicyclic) bond motifs is 1. The predicted molar refractivity (Wildman–Crippen MR) is 78.6 cm³/mol. The van der Waals surface area contributed by atoms with E-state index in [4.69, 9.17) is 4.74 Å². The third kappa shape index (κ3) is 3.38. The molecule has 3 atom stereocenters. The monoisotopic (exact) mass is 276 g/mol. The fourth-order valence-corrected chi connectivity index (χ4v) is 3.18. The van der Waals surface area contributed by atoms with Crippen LogP contribution in [-0.2, 0) is 4.74 Å².